The average molecular weight is 276 g/mol. The first kappa shape index (κ1) is 13.5. The van der Waals surface area contributed by atoms with Crippen LogP contribution in [0.1, 0.15) is 19.2 Å². The molecule has 6 heteroatoms. The van der Waals surface area contributed by atoms with E-state index in [-0.39, 0.29) is 12.2 Å². The van der Waals surface area contributed by atoms with Gasteiger partial charge in [0.2, 0.25) is 0 Å². The molecule has 6 nitrogen and oxygen atoms in total. The number of fused-ring (bicyclic) bond motifs is 1. The van der Waals surface area contributed by atoms with E-state index in [0.29, 0.717) is 12.6 Å². The van der Waals surface area contributed by atoms with E-state index in [4.69, 9.17) is 9.47 Å². The van der Waals surface area contributed by atoms with Crippen LogP contribution in [0.25, 0.3) is 5.65 Å². The Bertz CT molecular complexity index is 571. The highest BCUT2D eigenvalue weighted by Crippen LogP contribution is 2.27. The first-order chi connectivity index (χ1) is 9.83. The smallest absolute Gasteiger partial charge is 0.160 e. The van der Waals surface area contributed by atoms with Gasteiger partial charge in [0.05, 0.1) is 18.8 Å². The second kappa shape index (κ2) is 5.87. The number of nitrogens with one attached hydrogen (secondary N) is 1. The van der Waals surface area contributed by atoms with Gasteiger partial charge >= 0.3 is 0 Å². The lowest BCUT2D eigenvalue weighted by atomic mass is 9.85. The zero-order chi connectivity index (χ0) is 13.9. The molecule has 0 saturated heterocycles. The van der Waals surface area contributed by atoms with E-state index < -0.39 is 0 Å². The third-order valence-corrected chi connectivity index (χ3v) is 3.81. The number of methoxy groups -OCH3 is 1. The van der Waals surface area contributed by atoms with Gasteiger partial charge in [-0.25, -0.2) is 0 Å². The Kier molecular flexibility index (Phi) is 3.95. The molecule has 2 aromatic heterocycles. The van der Waals surface area contributed by atoms with E-state index in [1.54, 1.807) is 7.11 Å². The van der Waals surface area contributed by atoms with Crippen LogP contribution in [0, 0.1) is 0 Å². The van der Waals surface area contributed by atoms with E-state index in [2.05, 4.69) is 15.5 Å². The van der Waals surface area contributed by atoms with Crippen LogP contribution in [0.5, 0.6) is 0 Å². The van der Waals surface area contributed by atoms with E-state index in [9.17, 15) is 0 Å². The quantitative estimate of drug-likeness (QED) is 0.853. The van der Waals surface area contributed by atoms with Gasteiger partial charge in [0.25, 0.3) is 0 Å². The molecule has 108 valence electrons. The number of rotatable bonds is 6. The summed E-state index contributed by atoms with van der Waals surface area (Å²) in [5.41, 5.74) is 0.869. The fourth-order valence-electron chi connectivity index (χ4n) is 2.71. The Balaban J connectivity index is 1.60. The van der Waals surface area contributed by atoms with Crippen LogP contribution in [0.2, 0.25) is 0 Å². The maximum atomic E-state index is 5.62. The molecule has 1 aliphatic carbocycles. The third kappa shape index (κ3) is 2.42. The first-order valence-electron chi connectivity index (χ1n) is 7.00. The maximum absolute atomic E-state index is 5.62. The van der Waals surface area contributed by atoms with Crippen molar-refractivity contribution in [3.8, 4) is 0 Å². The van der Waals surface area contributed by atoms with Gasteiger partial charge in [0, 0.05) is 26.0 Å². The summed E-state index contributed by atoms with van der Waals surface area (Å²) in [6.45, 7) is 3.41. The van der Waals surface area contributed by atoms with Gasteiger partial charge < -0.3 is 14.8 Å². The van der Waals surface area contributed by atoms with Crippen molar-refractivity contribution in [2.75, 3.05) is 13.7 Å². The fraction of sp³-hybridized carbons (Fsp3) is 0.571. The predicted molar refractivity (Wildman–Crippen MR) is 74.4 cm³/mol. The Morgan fingerprint density at radius 1 is 1.40 bits per heavy atom. The van der Waals surface area contributed by atoms with E-state index >= 15 is 0 Å². The molecule has 1 N–H and O–H groups in total. The molecular formula is C14H20N4O2. The molecule has 1 fully saturated rings. The van der Waals surface area contributed by atoms with Gasteiger partial charge in [-0.3, -0.25) is 4.40 Å². The van der Waals surface area contributed by atoms with Crippen molar-refractivity contribution in [1.82, 2.24) is 19.9 Å². The molecule has 0 bridgehead atoms. The number of aromatic nitrogens is 3. The molecule has 20 heavy (non-hydrogen) atoms. The summed E-state index contributed by atoms with van der Waals surface area (Å²) in [6.07, 6.45) is 3.28. The van der Waals surface area contributed by atoms with Crippen LogP contribution in [0.4, 0.5) is 0 Å². The topological polar surface area (TPSA) is 60.7 Å². The number of nitrogens with zero attached hydrogens (tertiary/aromatic N) is 3. The molecule has 0 radical (unpaired) electrons. The molecule has 3 rings (SSSR count). The minimum Gasteiger partial charge on any atom is -0.377 e. The molecule has 1 aliphatic rings. The second-order valence-electron chi connectivity index (χ2n) is 4.96. The SMILES string of the molecule is CCOC1CC(NCc2nnc3ccccn23)C1OC. The Morgan fingerprint density at radius 2 is 2.30 bits per heavy atom. The molecule has 1 saturated carbocycles. The van der Waals surface area contributed by atoms with E-state index in [1.165, 1.54) is 0 Å². The van der Waals surface area contributed by atoms with Crippen molar-refractivity contribution in [3.63, 3.8) is 0 Å². The summed E-state index contributed by atoms with van der Waals surface area (Å²) in [4.78, 5) is 0. The second-order valence-corrected chi connectivity index (χ2v) is 4.96. The summed E-state index contributed by atoms with van der Waals surface area (Å²) >= 11 is 0. The average Bonchev–Trinajstić information content (AvgIpc) is 2.86. The normalized spacial score (nSPS) is 25.8. The largest absolute Gasteiger partial charge is 0.377 e. The van der Waals surface area contributed by atoms with Crippen molar-refractivity contribution in [2.24, 2.45) is 0 Å². The van der Waals surface area contributed by atoms with Crippen LogP contribution < -0.4 is 5.32 Å². The Hall–Kier alpha value is -1.50. The summed E-state index contributed by atoms with van der Waals surface area (Å²) in [7, 11) is 1.73. The van der Waals surface area contributed by atoms with Crippen molar-refractivity contribution in [3.05, 3.63) is 30.2 Å². The highest BCUT2D eigenvalue weighted by Gasteiger charge is 2.41. The summed E-state index contributed by atoms with van der Waals surface area (Å²) < 4.78 is 13.1. The van der Waals surface area contributed by atoms with Crippen LogP contribution >= 0.6 is 0 Å². The molecule has 0 aromatic carbocycles. The molecule has 2 aromatic rings. The fourth-order valence-corrected chi connectivity index (χ4v) is 2.71. The summed E-state index contributed by atoms with van der Waals surface area (Å²) in [6, 6.07) is 6.20. The molecule has 3 unspecified atom stereocenters. The minimum atomic E-state index is 0.120. The van der Waals surface area contributed by atoms with Gasteiger partial charge in [-0.15, -0.1) is 10.2 Å². The first-order valence-corrected chi connectivity index (χ1v) is 7.00. The van der Waals surface area contributed by atoms with Crippen LogP contribution in [-0.2, 0) is 16.0 Å². The zero-order valence-electron chi connectivity index (χ0n) is 11.8. The van der Waals surface area contributed by atoms with Crippen LogP contribution in [0.15, 0.2) is 24.4 Å². The van der Waals surface area contributed by atoms with Crippen LogP contribution in [-0.4, -0.2) is 46.6 Å². The standard InChI is InChI=1S/C14H20N4O2/c1-3-20-11-8-10(14(11)19-2)15-9-13-17-16-12-6-4-5-7-18(12)13/h4-7,10-11,14-15H,3,8-9H2,1-2H3. The summed E-state index contributed by atoms with van der Waals surface area (Å²) in [5, 5.41) is 11.8. The van der Waals surface area contributed by atoms with E-state index in [0.717, 1.165) is 24.5 Å². The molecular weight excluding hydrogens is 256 g/mol. The third-order valence-electron chi connectivity index (χ3n) is 3.81. The molecule has 0 amide bonds. The van der Waals surface area contributed by atoms with E-state index in [1.807, 2.05) is 35.7 Å². The molecule has 0 aliphatic heterocycles. The zero-order valence-corrected chi connectivity index (χ0v) is 11.8. The van der Waals surface area contributed by atoms with Crippen molar-refractivity contribution >= 4 is 5.65 Å². The highest BCUT2D eigenvalue weighted by atomic mass is 16.5. The number of hydrogen-bond donors (Lipinski definition) is 1. The maximum Gasteiger partial charge on any atom is 0.160 e. The Morgan fingerprint density at radius 3 is 3.10 bits per heavy atom. The van der Waals surface area contributed by atoms with Gasteiger partial charge in [-0.05, 0) is 25.5 Å². The van der Waals surface area contributed by atoms with Crippen molar-refractivity contribution in [1.29, 1.82) is 0 Å². The lowest BCUT2D eigenvalue weighted by Gasteiger charge is -2.43. The van der Waals surface area contributed by atoms with Gasteiger partial charge in [-0.1, -0.05) is 6.07 Å². The van der Waals surface area contributed by atoms with Crippen molar-refractivity contribution < 1.29 is 9.47 Å². The van der Waals surface area contributed by atoms with Gasteiger partial charge in [-0.2, -0.15) is 0 Å². The molecule has 0 spiro atoms. The monoisotopic (exact) mass is 276 g/mol. The number of hydrogen-bond acceptors (Lipinski definition) is 5. The molecule has 3 atom stereocenters. The van der Waals surface area contributed by atoms with Crippen LogP contribution in [0.3, 0.4) is 0 Å². The lowest BCUT2D eigenvalue weighted by molar-refractivity contribution is -0.131. The minimum absolute atomic E-state index is 0.120. The summed E-state index contributed by atoms with van der Waals surface area (Å²) in [5.74, 6) is 0.912. The highest BCUT2D eigenvalue weighted by molar-refractivity contribution is 5.36. The lowest BCUT2D eigenvalue weighted by Crippen LogP contribution is -2.59. The molecule has 2 heterocycles. The van der Waals surface area contributed by atoms with Gasteiger partial charge in [0.1, 0.15) is 0 Å². The number of ether oxygens (including phenoxy) is 2. The van der Waals surface area contributed by atoms with Gasteiger partial charge in [0.15, 0.2) is 11.5 Å². The number of pyridine rings is 1. The predicted octanol–water partition coefficient (Wildman–Crippen LogP) is 1.01. The Labute approximate surface area is 118 Å². The van der Waals surface area contributed by atoms with Crippen molar-refractivity contribution in [2.45, 2.75) is 38.1 Å².